The van der Waals surface area contributed by atoms with E-state index >= 15 is 0 Å². The van der Waals surface area contributed by atoms with Gasteiger partial charge in [0.05, 0.1) is 26.1 Å². The highest BCUT2D eigenvalue weighted by atomic mass is 31.2. The van der Waals surface area contributed by atoms with Crippen molar-refractivity contribution in [3.63, 3.8) is 0 Å². The van der Waals surface area contributed by atoms with Gasteiger partial charge in [0.2, 0.25) is 5.95 Å². The number of aliphatic hydroxyl groups excluding tert-OH is 1. The number of fused-ring (bicyclic) bond motifs is 1. The Bertz CT molecular complexity index is 1430. The van der Waals surface area contributed by atoms with Gasteiger partial charge in [-0.3, -0.25) is 18.7 Å². The molecule has 7 N–H and O–H groups in total. The van der Waals surface area contributed by atoms with Crippen LogP contribution in [0.15, 0.2) is 6.33 Å². The maximum Gasteiger partial charge on any atom is 0.342 e. The normalized spacial score (nSPS) is 24.3. The Morgan fingerprint density at radius 1 is 1.08 bits per heavy atom. The van der Waals surface area contributed by atoms with Gasteiger partial charge < -0.3 is 40.0 Å². The van der Waals surface area contributed by atoms with Crippen molar-refractivity contribution < 1.29 is 43.1 Å². The highest BCUT2D eigenvalue weighted by Gasteiger charge is 2.54. The zero-order chi connectivity index (χ0) is 35.4. The van der Waals surface area contributed by atoms with E-state index in [4.69, 9.17) is 24.5 Å². The molecule has 18 heteroatoms. The molecule has 0 spiro atoms. The lowest BCUT2D eigenvalue weighted by atomic mass is 9.96. The van der Waals surface area contributed by atoms with E-state index in [1.54, 1.807) is 13.8 Å². The van der Waals surface area contributed by atoms with E-state index in [1.165, 1.54) is 17.8 Å². The molecule has 1 aliphatic heterocycles. The Labute approximate surface area is 280 Å². The van der Waals surface area contributed by atoms with Crippen molar-refractivity contribution in [3.05, 3.63) is 6.33 Å². The standard InChI is InChI=1S/C30H51N8O9P/c1-8-44-26(40)19(12-16(3)4)36-48(43,37-20(13-17(5)6)27(41)45-9-2)46-14-21-23(39)30(7,42)28(47-21)38-15-32-22-24(33-18-10-11-18)34-29(31)35-25(22)38/h15-21,23,28,39,42H,8-14H2,1-7H3,(H2,36,37,43)(H3,31,33,34,35)/t19-,20-,21+,23?,28+,30-/m0/s1. The topological polar surface area (TPSA) is 234 Å². The lowest BCUT2D eigenvalue weighted by molar-refractivity contribution is -0.146. The molecule has 2 aromatic heterocycles. The number of nitrogen functional groups attached to an aromatic ring is 1. The SMILES string of the molecule is CCOC(=O)[C@H](CC(C)C)NP(=O)(N[C@@H](CC(C)C)C(=O)OCC)OC[C@H]1O[C@@H](n2cnc3c(NC4CC4)nc(N)nc32)[C@@](C)(O)C1O. The van der Waals surface area contributed by atoms with Crippen LogP contribution in [0.25, 0.3) is 11.2 Å². The van der Waals surface area contributed by atoms with Gasteiger partial charge in [-0.05, 0) is 58.3 Å². The van der Waals surface area contributed by atoms with Gasteiger partial charge in [-0.2, -0.15) is 9.97 Å². The van der Waals surface area contributed by atoms with E-state index in [0.29, 0.717) is 11.3 Å². The highest BCUT2D eigenvalue weighted by Crippen LogP contribution is 2.45. The lowest BCUT2D eigenvalue weighted by Gasteiger charge is -2.30. The molecular formula is C30H51N8O9P. The fourth-order valence-corrected chi connectivity index (χ4v) is 7.36. The predicted molar refractivity (Wildman–Crippen MR) is 177 cm³/mol. The smallest absolute Gasteiger partial charge is 0.342 e. The maximum atomic E-state index is 14.6. The van der Waals surface area contributed by atoms with Crippen molar-refractivity contribution in [1.82, 2.24) is 29.7 Å². The first-order valence-electron chi connectivity index (χ1n) is 16.5. The van der Waals surface area contributed by atoms with Crippen LogP contribution < -0.4 is 21.2 Å². The monoisotopic (exact) mass is 698 g/mol. The molecular weight excluding hydrogens is 647 g/mol. The number of aromatic nitrogens is 4. The van der Waals surface area contributed by atoms with E-state index in [-0.39, 0.29) is 55.5 Å². The molecule has 2 aliphatic rings. The number of ether oxygens (including phenoxy) is 3. The van der Waals surface area contributed by atoms with Crippen molar-refractivity contribution in [2.24, 2.45) is 11.8 Å². The number of nitrogens with two attached hydrogens (primary N) is 1. The molecule has 0 bridgehead atoms. The maximum absolute atomic E-state index is 14.6. The van der Waals surface area contributed by atoms with Crippen LogP contribution in [0.3, 0.4) is 0 Å². The Balaban J connectivity index is 1.61. The molecule has 1 saturated carbocycles. The van der Waals surface area contributed by atoms with Crippen molar-refractivity contribution in [2.75, 3.05) is 30.9 Å². The van der Waals surface area contributed by atoms with Gasteiger partial charge in [-0.1, -0.05) is 27.7 Å². The third-order valence-corrected chi connectivity index (χ3v) is 9.81. The van der Waals surface area contributed by atoms with Crippen molar-refractivity contribution in [3.8, 4) is 0 Å². The minimum absolute atomic E-state index is 0.00411. The van der Waals surface area contributed by atoms with Crippen LogP contribution in [0.2, 0.25) is 0 Å². The molecule has 1 unspecified atom stereocenters. The van der Waals surface area contributed by atoms with E-state index in [1.807, 2.05) is 27.7 Å². The van der Waals surface area contributed by atoms with Gasteiger partial charge in [-0.15, -0.1) is 0 Å². The first kappa shape index (κ1) is 37.9. The largest absolute Gasteiger partial charge is 0.465 e. The van der Waals surface area contributed by atoms with Gasteiger partial charge in [0.1, 0.15) is 29.9 Å². The van der Waals surface area contributed by atoms with E-state index in [2.05, 4.69) is 30.4 Å². The minimum atomic E-state index is -4.30. The third kappa shape index (κ3) is 9.20. The molecule has 2 fully saturated rings. The fourth-order valence-electron chi connectivity index (χ4n) is 5.54. The fraction of sp³-hybridized carbons (Fsp3) is 0.767. The van der Waals surface area contributed by atoms with Crippen molar-refractivity contribution in [2.45, 2.75) is 116 Å². The van der Waals surface area contributed by atoms with E-state index in [0.717, 1.165) is 12.8 Å². The first-order chi connectivity index (χ1) is 22.6. The summed E-state index contributed by atoms with van der Waals surface area (Å²) in [5.74, 6) is -0.857. The summed E-state index contributed by atoms with van der Waals surface area (Å²) in [4.78, 5) is 38.9. The molecule has 17 nitrogen and oxygen atoms in total. The zero-order valence-electron chi connectivity index (χ0n) is 28.7. The Morgan fingerprint density at radius 2 is 1.65 bits per heavy atom. The van der Waals surface area contributed by atoms with Crippen LogP contribution in [0.5, 0.6) is 0 Å². The number of nitrogens with zero attached hydrogens (tertiary/aromatic N) is 4. The number of aliphatic hydroxyl groups is 2. The summed E-state index contributed by atoms with van der Waals surface area (Å²) in [6.07, 6.45) is -0.0877. The Kier molecular flexibility index (Phi) is 12.4. The molecule has 2 aromatic rings. The molecule has 48 heavy (non-hydrogen) atoms. The second kappa shape index (κ2) is 15.7. The van der Waals surface area contributed by atoms with Gasteiger partial charge in [0.15, 0.2) is 23.2 Å². The molecule has 3 heterocycles. The summed E-state index contributed by atoms with van der Waals surface area (Å²) in [6, 6.07) is -1.86. The number of hydrogen-bond donors (Lipinski definition) is 6. The summed E-state index contributed by atoms with van der Waals surface area (Å²) in [5.41, 5.74) is 4.79. The summed E-state index contributed by atoms with van der Waals surface area (Å²) in [7, 11) is -4.30. The average molecular weight is 699 g/mol. The van der Waals surface area contributed by atoms with Crippen LogP contribution in [0, 0.1) is 11.8 Å². The summed E-state index contributed by atoms with van der Waals surface area (Å²) in [6.45, 7) is 12.0. The van der Waals surface area contributed by atoms with E-state index in [9.17, 15) is 24.4 Å². The van der Waals surface area contributed by atoms with Gasteiger partial charge >= 0.3 is 19.6 Å². The average Bonchev–Trinajstić information content (AvgIpc) is 3.66. The number of esters is 2. The molecule has 0 radical (unpaired) electrons. The molecule has 4 rings (SSSR count). The number of imidazole rings is 1. The van der Waals surface area contributed by atoms with Gasteiger partial charge in [0, 0.05) is 6.04 Å². The number of carbonyl (C=O) groups is 2. The summed E-state index contributed by atoms with van der Waals surface area (Å²) >= 11 is 0. The molecule has 0 aromatic carbocycles. The van der Waals surface area contributed by atoms with Crippen LogP contribution in [0.4, 0.5) is 11.8 Å². The Morgan fingerprint density at radius 3 is 2.15 bits per heavy atom. The third-order valence-electron chi connectivity index (χ3n) is 7.99. The van der Waals surface area contributed by atoms with Crippen LogP contribution in [-0.2, 0) is 32.9 Å². The number of rotatable bonds is 18. The second-order valence-corrected chi connectivity index (χ2v) is 15.2. The minimum Gasteiger partial charge on any atom is -0.465 e. The van der Waals surface area contributed by atoms with Crippen LogP contribution >= 0.6 is 7.67 Å². The summed E-state index contributed by atoms with van der Waals surface area (Å²) < 4.78 is 38.6. The quantitative estimate of drug-likeness (QED) is 0.0967. The Hall–Kier alpha value is -2.92. The lowest BCUT2D eigenvalue weighted by Crippen LogP contribution is -2.47. The molecule has 6 atom stereocenters. The van der Waals surface area contributed by atoms with Crippen LogP contribution in [-0.4, -0.2) is 97.4 Å². The zero-order valence-corrected chi connectivity index (χ0v) is 29.6. The number of nitrogens with one attached hydrogen (secondary N) is 3. The molecule has 270 valence electrons. The van der Waals surface area contributed by atoms with E-state index < -0.39 is 62.3 Å². The highest BCUT2D eigenvalue weighted by molar-refractivity contribution is 7.54. The van der Waals surface area contributed by atoms with Crippen LogP contribution in [0.1, 0.15) is 80.4 Å². The number of hydrogen-bond acceptors (Lipinski definition) is 14. The van der Waals surface area contributed by atoms with Crippen molar-refractivity contribution >= 4 is 42.5 Å². The second-order valence-electron chi connectivity index (χ2n) is 13.3. The number of anilines is 2. The number of carbonyl (C=O) groups excluding carboxylic acids is 2. The van der Waals surface area contributed by atoms with Gasteiger partial charge in [-0.25, -0.2) is 15.2 Å². The first-order valence-corrected chi connectivity index (χ1v) is 18.2. The predicted octanol–water partition coefficient (Wildman–Crippen LogP) is 2.25. The molecule has 0 amide bonds. The summed E-state index contributed by atoms with van der Waals surface area (Å²) in [5, 5.41) is 31.6. The van der Waals surface area contributed by atoms with Crippen molar-refractivity contribution in [1.29, 1.82) is 0 Å². The molecule has 1 saturated heterocycles. The van der Waals surface area contributed by atoms with Gasteiger partial charge in [0.25, 0.3) is 0 Å². The molecule has 1 aliphatic carbocycles.